The molecule has 1 heterocycles. The minimum absolute atomic E-state index is 0.109. The summed E-state index contributed by atoms with van der Waals surface area (Å²) in [6, 6.07) is 13.5. The molecule has 2 aromatic carbocycles. The summed E-state index contributed by atoms with van der Waals surface area (Å²) in [6.07, 6.45) is 7.12. The van der Waals surface area contributed by atoms with Crippen LogP contribution >= 0.6 is 0 Å². The lowest BCUT2D eigenvalue weighted by Gasteiger charge is -2.13. The van der Waals surface area contributed by atoms with E-state index in [1.807, 2.05) is 41.0 Å². The Morgan fingerprint density at radius 1 is 1.13 bits per heavy atom. The summed E-state index contributed by atoms with van der Waals surface area (Å²) in [5, 5.41) is 8.94. The SMILES string of the molecule is CCc1ccccc1NC(=O)c1ccc2c(c1)ncn2CCNC(=O)NC1CCCC1. The van der Waals surface area contributed by atoms with Crippen molar-refractivity contribution in [3.8, 4) is 0 Å². The molecular weight excluding hydrogens is 390 g/mol. The molecule has 1 saturated carbocycles. The maximum Gasteiger partial charge on any atom is 0.315 e. The van der Waals surface area contributed by atoms with Gasteiger partial charge in [-0.1, -0.05) is 38.0 Å². The summed E-state index contributed by atoms with van der Waals surface area (Å²) in [5.74, 6) is -0.150. The molecule has 0 spiro atoms. The van der Waals surface area contributed by atoms with Gasteiger partial charge in [-0.05, 0) is 49.1 Å². The number of aryl methyl sites for hydroxylation is 1. The maximum atomic E-state index is 12.7. The van der Waals surface area contributed by atoms with Crippen LogP contribution in [0.2, 0.25) is 0 Å². The first-order chi connectivity index (χ1) is 15.1. The van der Waals surface area contributed by atoms with E-state index >= 15 is 0 Å². The van der Waals surface area contributed by atoms with Gasteiger partial charge in [0, 0.05) is 30.4 Å². The van der Waals surface area contributed by atoms with Crippen LogP contribution in [-0.2, 0) is 13.0 Å². The smallest absolute Gasteiger partial charge is 0.315 e. The number of carbonyl (C=O) groups excluding carboxylic acids is 2. The summed E-state index contributed by atoms with van der Waals surface area (Å²) in [7, 11) is 0. The molecule has 162 valence electrons. The van der Waals surface area contributed by atoms with Gasteiger partial charge in [-0.25, -0.2) is 9.78 Å². The zero-order chi connectivity index (χ0) is 21.6. The third kappa shape index (κ3) is 5.05. The van der Waals surface area contributed by atoms with Crippen LogP contribution in [0.15, 0.2) is 48.8 Å². The highest BCUT2D eigenvalue weighted by molar-refractivity contribution is 6.06. The summed E-state index contributed by atoms with van der Waals surface area (Å²) in [4.78, 5) is 29.2. The van der Waals surface area contributed by atoms with E-state index in [9.17, 15) is 9.59 Å². The van der Waals surface area contributed by atoms with Crippen LogP contribution in [0.1, 0.15) is 48.5 Å². The van der Waals surface area contributed by atoms with E-state index < -0.39 is 0 Å². The molecule has 4 rings (SSSR count). The number of anilines is 1. The lowest BCUT2D eigenvalue weighted by molar-refractivity contribution is 0.102. The number of carbonyl (C=O) groups is 2. The van der Waals surface area contributed by atoms with Crippen LogP contribution in [0.4, 0.5) is 10.5 Å². The van der Waals surface area contributed by atoms with Gasteiger partial charge in [0.2, 0.25) is 0 Å². The molecule has 1 fully saturated rings. The topological polar surface area (TPSA) is 88.1 Å². The van der Waals surface area contributed by atoms with Gasteiger partial charge in [0.15, 0.2) is 0 Å². The van der Waals surface area contributed by atoms with Crippen molar-refractivity contribution >= 4 is 28.7 Å². The van der Waals surface area contributed by atoms with Crippen molar-refractivity contribution in [1.82, 2.24) is 20.2 Å². The minimum Gasteiger partial charge on any atom is -0.336 e. The molecule has 0 unspecified atom stereocenters. The Morgan fingerprint density at radius 3 is 2.74 bits per heavy atom. The fourth-order valence-electron chi connectivity index (χ4n) is 4.12. The first-order valence-corrected chi connectivity index (χ1v) is 11.0. The van der Waals surface area contributed by atoms with Gasteiger partial charge in [0.05, 0.1) is 17.4 Å². The summed E-state index contributed by atoms with van der Waals surface area (Å²) in [6.45, 7) is 3.20. The highest BCUT2D eigenvalue weighted by atomic mass is 16.2. The molecular formula is C24H29N5O2. The minimum atomic E-state index is -0.150. The predicted octanol–water partition coefficient (Wildman–Crippen LogP) is 4.09. The molecule has 3 amide bonds. The average molecular weight is 420 g/mol. The average Bonchev–Trinajstić information content (AvgIpc) is 3.43. The van der Waals surface area contributed by atoms with Crippen LogP contribution < -0.4 is 16.0 Å². The van der Waals surface area contributed by atoms with Gasteiger partial charge in [-0.15, -0.1) is 0 Å². The summed E-state index contributed by atoms with van der Waals surface area (Å²) < 4.78 is 1.99. The van der Waals surface area contributed by atoms with Gasteiger partial charge in [-0.3, -0.25) is 4.79 Å². The normalized spacial score (nSPS) is 14.0. The standard InChI is InChI=1S/C24H29N5O2/c1-2-17-7-3-6-10-20(17)28-23(30)18-11-12-22-21(15-18)26-16-29(22)14-13-25-24(31)27-19-8-4-5-9-19/h3,6-7,10-12,15-16,19H,2,4-5,8-9,13-14H2,1H3,(H,28,30)(H2,25,27,31). The molecule has 31 heavy (non-hydrogen) atoms. The Morgan fingerprint density at radius 2 is 1.94 bits per heavy atom. The number of para-hydroxylation sites is 1. The van der Waals surface area contributed by atoms with Gasteiger partial charge < -0.3 is 20.5 Å². The molecule has 0 atom stereocenters. The molecule has 7 heteroatoms. The second-order valence-electron chi connectivity index (χ2n) is 7.99. The highest BCUT2D eigenvalue weighted by Gasteiger charge is 2.16. The number of hydrogen-bond acceptors (Lipinski definition) is 3. The van der Waals surface area contributed by atoms with Crippen LogP contribution in [0.3, 0.4) is 0 Å². The zero-order valence-electron chi connectivity index (χ0n) is 17.9. The molecule has 7 nitrogen and oxygen atoms in total. The van der Waals surface area contributed by atoms with Crippen LogP contribution in [0.25, 0.3) is 11.0 Å². The monoisotopic (exact) mass is 419 g/mol. The first kappa shape index (κ1) is 20.9. The Hall–Kier alpha value is -3.35. The largest absolute Gasteiger partial charge is 0.336 e. The molecule has 0 aliphatic heterocycles. The number of nitrogens with zero attached hydrogens (tertiary/aromatic N) is 2. The highest BCUT2D eigenvalue weighted by Crippen LogP contribution is 2.19. The zero-order valence-corrected chi connectivity index (χ0v) is 17.9. The van der Waals surface area contributed by atoms with E-state index in [0.717, 1.165) is 41.5 Å². The van der Waals surface area contributed by atoms with E-state index in [2.05, 4.69) is 27.9 Å². The Balaban J connectivity index is 1.36. The van der Waals surface area contributed by atoms with Crippen molar-refractivity contribution in [3.63, 3.8) is 0 Å². The van der Waals surface area contributed by atoms with Gasteiger partial charge in [0.25, 0.3) is 5.91 Å². The molecule has 0 radical (unpaired) electrons. The van der Waals surface area contributed by atoms with Gasteiger partial charge in [0.1, 0.15) is 0 Å². The molecule has 3 N–H and O–H groups in total. The third-order valence-electron chi connectivity index (χ3n) is 5.86. The number of amides is 3. The van der Waals surface area contributed by atoms with Gasteiger partial charge in [-0.2, -0.15) is 0 Å². The van der Waals surface area contributed by atoms with Crippen molar-refractivity contribution in [3.05, 3.63) is 59.9 Å². The first-order valence-electron chi connectivity index (χ1n) is 11.0. The third-order valence-corrected chi connectivity index (χ3v) is 5.86. The number of nitrogens with one attached hydrogen (secondary N) is 3. The molecule has 1 aliphatic carbocycles. The van der Waals surface area contributed by atoms with E-state index in [1.165, 1.54) is 12.8 Å². The quantitative estimate of drug-likeness (QED) is 0.539. The predicted molar refractivity (Wildman–Crippen MR) is 122 cm³/mol. The van der Waals surface area contributed by atoms with E-state index in [0.29, 0.717) is 24.7 Å². The van der Waals surface area contributed by atoms with E-state index in [4.69, 9.17) is 0 Å². The van der Waals surface area contributed by atoms with Crippen LogP contribution in [-0.4, -0.2) is 34.1 Å². The van der Waals surface area contributed by atoms with Crippen molar-refractivity contribution < 1.29 is 9.59 Å². The molecule has 0 bridgehead atoms. The number of aromatic nitrogens is 2. The van der Waals surface area contributed by atoms with Crippen molar-refractivity contribution in [2.45, 2.75) is 51.6 Å². The number of fused-ring (bicyclic) bond motifs is 1. The molecule has 1 aromatic heterocycles. The second-order valence-corrected chi connectivity index (χ2v) is 7.99. The molecule has 3 aromatic rings. The Kier molecular flexibility index (Phi) is 6.50. The van der Waals surface area contributed by atoms with Crippen molar-refractivity contribution in [1.29, 1.82) is 0 Å². The fraction of sp³-hybridized carbons (Fsp3) is 0.375. The maximum absolute atomic E-state index is 12.7. The lowest BCUT2D eigenvalue weighted by Crippen LogP contribution is -2.41. The number of hydrogen-bond donors (Lipinski definition) is 3. The van der Waals surface area contributed by atoms with E-state index in [1.54, 1.807) is 12.4 Å². The number of rotatable bonds is 7. The molecule has 1 aliphatic rings. The number of imidazole rings is 1. The van der Waals surface area contributed by atoms with E-state index in [-0.39, 0.29) is 11.9 Å². The van der Waals surface area contributed by atoms with Crippen LogP contribution in [0.5, 0.6) is 0 Å². The lowest BCUT2D eigenvalue weighted by atomic mass is 10.1. The van der Waals surface area contributed by atoms with Crippen molar-refractivity contribution in [2.24, 2.45) is 0 Å². The second kappa shape index (κ2) is 9.64. The Labute approximate surface area is 182 Å². The number of benzene rings is 2. The molecule has 0 saturated heterocycles. The van der Waals surface area contributed by atoms with Crippen LogP contribution in [0, 0.1) is 0 Å². The summed E-state index contributed by atoms with van der Waals surface area (Å²) >= 11 is 0. The number of urea groups is 1. The Bertz CT molecular complexity index is 1070. The fourth-order valence-corrected chi connectivity index (χ4v) is 4.12. The van der Waals surface area contributed by atoms with Gasteiger partial charge >= 0.3 is 6.03 Å². The summed E-state index contributed by atoms with van der Waals surface area (Å²) in [5.41, 5.74) is 4.20. The van der Waals surface area contributed by atoms with Crippen molar-refractivity contribution in [2.75, 3.05) is 11.9 Å².